The summed E-state index contributed by atoms with van der Waals surface area (Å²) in [5.74, 6) is -1.04. The zero-order valence-electron chi connectivity index (χ0n) is 11.5. The summed E-state index contributed by atoms with van der Waals surface area (Å²) >= 11 is 0. The maximum Gasteiger partial charge on any atom is 0.411 e. The molecule has 0 aromatic rings. The lowest BCUT2D eigenvalue weighted by Gasteiger charge is -2.27. The Balaban J connectivity index is 2.85. The Hall–Kier alpha value is -1.30. The maximum atomic E-state index is 12.0. The predicted octanol–water partition coefficient (Wildman–Crippen LogP) is 1.49. The molecule has 0 bridgehead atoms. The van der Waals surface area contributed by atoms with Gasteiger partial charge in [0.25, 0.3) is 0 Å². The topological polar surface area (TPSA) is 76.1 Å². The Morgan fingerprint density at radius 2 is 1.94 bits per heavy atom. The van der Waals surface area contributed by atoms with Crippen molar-refractivity contribution in [2.75, 3.05) is 13.7 Å². The van der Waals surface area contributed by atoms with Crippen LogP contribution in [0.5, 0.6) is 0 Å². The molecule has 2 atom stereocenters. The van der Waals surface area contributed by atoms with Crippen LogP contribution in [0.1, 0.15) is 34.1 Å². The second-order valence-electron chi connectivity index (χ2n) is 5.82. The van der Waals surface area contributed by atoms with Gasteiger partial charge >= 0.3 is 12.1 Å². The smallest absolute Gasteiger partial charge is 0.411 e. The normalized spacial score (nSPS) is 28.3. The van der Waals surface area contributed by atoms with Crippen LogP contribution < -0.4 is 0 Å². The number of carboxylic acids is 1. The van der Waals surface area contributed by atoms with E-state index in [0.29, 0.717) is 0 Å². The van der Waals surface area contributed by atoms with E-state index in [0.717, 1.165) is 0 Å². The summed E-state index contributed by atoms with van der Waals surface area (Å²) < 4.78 is 10.5. The summed E-state index contributed by atoms with van der Waals surface area (Å²) in [7, 11) is 1.51. The first kappa shape index (κ1) is 14.8. The summed E-state index contributed by atoms with van der Waals surface area (Å²) in [6.45, 7) is 7.23. The van der Waals surface area contributed by atoms with E-state index < -0.39 is 29.3 Å². The molecular formula is C12H21NO5. The van der Waals surface area contributed by atoms with E-state index in [4.69, 9.17) is 14.6 Å². The molecule has 1 heterocycles. The van der Waals surface area contributed by atoms with Gasteiger partial charge in [-0.2, -0.15) is 0 Å². The average Bonchev–Trinajstić information content (AvgIpc) is 2.55. The molecule has 18 heavy (non-hydrogen) atoms. The third-order valence-corrected chi connectivity index (χ3v) is 2.91. The number of rotatable bonds is 2. The summed E-state index contributed by atoms with van der Waals surface area (Å²) in [6, 6.07) is -0.898. The van der Waals surface area contributed by atoms with Gasteiger partial charge in [0, 0.05) is 13.5 Å². The van der Waals surface area contributed by atoms with E-state index >= 15 is 0 Å². The Bertz CT molecular complexity index is 349. The highest BCUT2D eigenvalue weighted by molar-refractivity contribution is 5.81. The molecule has 6 nitrogen and oxygen atoms in total. The van der Waals surface area contributed by atoms with Gasteiger partial charge in [0.15, 0.2) is 0 Å². The minimum atomic E-state index is -1.04. The van der Waals surface area contributed by atoms with Crippen LogP contribution in [0.3, 0.4) is 0 Å². The fraction of sp³-hybridized carbons (Fsp3) is 0.833. The van der Waals surface area contributed by atoms with Gasteiger partial charge in [0.05, 0.1) is 12.1 Å². The van der Waals surface area contributed by atoms with Crippen molar-refractivity contribution in [2.45, 2.75) is 51.4 Å². The van der Waals surface area contributed by atoms with Gasteiger partial charge in [-0.1, -0.05) is 0 Å². The first-order valence-electron chi connectivity index (χ1n) is 5.85. The van der Waals surface area contributed by atoms with E-state index in [-0.39, 0.29) is 13.0 Å². The van der Waals surface area contributed by atoms with Crippen molar-refractivity contribution >= 4 is 12.1 Å². The molecule has 1 fully saturated rings. The largest absolute Gasteiger partial charge is 0.480 e. The van der Waals surface area contributed by atoms with Crippen LogP contribution in [0, 0.1) is 0 Å². The van der Waals surface area contributed by atoms with Crippen LogP contribution in [-0.4, -0.2) is 53.0 Å². The maximum absolute atomic E-state index is 12.0. The fourth-order valence-corrected chi connectivity index (χ4v) is 1.94. The molecule has 1 aliphatic rings. The molecular weight excluding hydrogens is 238 g/mol. The van der Waals surface area contributed by atoms with Crippen LogP contribution in [-0.2, 0) is 14.3 Å². The quantitative estimate of drug-likeness (QED) is 0.813. The third-order valence-electron chi connectivity index (χ3n) is 2.91. The number of carbonyl (C=O) groups is 2. The van der Waals surface area contributed by atoms with Gasteiger partial charge in [-0.15, -0.1) is 0 Å². The van der Waals surface area contributed by atoms with Gasteiger partial charge in [-0.3, -0.25) is 4.90 Å². The SMILES string of the molecule is COC1(C)CC(C(=O)O)N(C(=O)OC(C)(C)C)C1. The highest BCUT2D eigenvalue weighted by Gasteiger charge is 2.47. The van der Waals surface area contributed by atoms with Crippen molar-refractivity contribution < 1.29 is 24.2 Å². The monoisotopic (exact) mass is 259 g/mol. The highest BCUT2D eigenvalue weighted by atomic mass is 16.6. The Kier molecular flexibility index (Phi) is 3.90. The van der Waals surface area contributed by atoms with Crippen LogP contribution in [0.25, 0.3) is 0 Å². The molecule has 1 N–H and O–H groups in total. The number of ether oxygens (including phenoxy) is 2. The molecule has 1 amide bonds. The second-order valence-corrected chi connectivity index (χ2v) is 5.82. The number of hydrogen-bond donors (Lipinski definition) is 1. The summed E-state index contributed by atoms with van der Waals surface area (Å²) in [5.41, 5.74) is -1.29. The Morgan fingerprint density at radius 1 is 1.39 bits per heavy atom. The number of methoxy groups -OCH3 is 1. The lowest BCUT2D eigenvalue weighted by molar-refractivity contribution is -0.142. The number of nitrogens with zero attached hydrogens (tertiary/aromatic N) is 1. The van der Waals surface area contributed by atoms with Crippen LogP contribution >= 0.6 is 0 Å². The van der Waals surface area contributed by atoms with Crippen LogP contribution in [0.4, 0.5) is 4.79 Å². The van der Waals surface area contributed by atoms with Crippen molar-refractivity contribution in [2.24, 2.45) is 0 Å². The van der Waals surface area contributed by atoms with Crippen molar-refractivity contribution in [3.63, 3.8) is 0 Å². The predicted molar refractivity (Wildman–Crippen MR) is 64.4 cm³/mol. The van der Waals surface area contributed by atoms with E-state index in [1.54, 1.807) is 27.7 Å². The number of aliphatic carboxylic acids is 1. The molecule has 1 rings (SSSR count). The molecule has 0 aromatic carbocycles. The van der Waals surface area contributed by atoms with Crippen molar-refractivity contribution in [1.29, 1.82) is 0 Å². The van der Waals surface area contributed by atoms with E-state index in [2.05, 4.69) is 0 Å². The van der Waals surface area contributed by atoms with Gasteiger partial charge < -0.3 is 14.6 Å². The molecule has 1 aliphatic heterocycles. The van der Waals surface area contributed by atoms with E-state index in [9.17, 15) is 9.59 Å². The van der Waals surface area contributed by atoms with Crippen LogP contribution in [0.15, 0.2) is 0 Å². The molecule has 104 valence electrons. The molecule has 2 unspecified atom stereocenters. The summed E-state index contributed by atoms with van der Waals surface area (Å²) in [6.07, 6.45) is -0.353. The van der Waals surface area contributed by atoms with Gasteiger partial charge in [0.2, 0.25) is 0 Å². The van der Waals surface area contributed by atoms with Gasteiger partial charge in [0.1, 0.15) is 11.6 Å². The summed E-state index contributed by atoms with van der Waals surface area (Å²) in [4.78, 5) is 24.4. The summed E-state index contributed by atoms with van der Waals surface area (Å²) in [5, 5.41) is 9.15. The lowest BCUT2D eigenvalue weighted by atomic mass is 10.0. The third kappa shape index (κ3) is 3.35. The number of amides is 1. The van der Waals surface area contributed by atoms with Gasteiger partial charge in [-0.05, 0) is 27.7 Å². The molecule has 0 aromatic heterocycles. The number of likely N-dealkylation sites (tertiary alicyclic amines) is 1. The Morgan fingerprint density at radius 3 is 2.33 bits per heavy atom. The molecule has 0 aliphatic carbocycles. The molecule has 1 saturated heterocycles. The van der Waals surface area contributed by atoms with Crippen LogP contribution in [0.2, 0.25) is 0 Å². The standard InChI is InChI=1S/C12H21NO5/c1-11(2,3)18-10(16)13-7-12(4,17-5)6-8(13)9(14)15/h8H,6-7H2,1-5H3,(H,14,15). The molecule has 0 saturated carbocycles. The molecule has 0 spiro atoms. The number of carboxylic acid groups (broad SMARTS) is 1. The lowest BCUT2D eigenvalue weighted by Crippen LogP contribution is -2.44. The van der Waals surface area contributed by atoms with E-state index in [1.165, 1.54) is 12.0 Å². The number of carbonyl (C=O) groups excluding carboxylic acids is 1. The first-order valence-corrected chi connectivity index (χ1v) is 5.85. The van der Waals surface area contributed by atoms with Crippen molar-refractivity contribution in [3.05, 3.63) is 0 Å². The molecule has 6 heteroatoms. The Labute approximate surface area is 107 Å². The first-order chi connectivity index (χ1) is 8.08. The highest BCUT2D eigenvalue weighted by Crippen LogP contribution is 2.31. The minimum Gasteiger partial charge on any atom is -0.480 e. The number of hydrogen-bond acceptors (Lipinski definition) is 4. The van der Waals surface area contributed by atoms with Crippen molar-refractivity contribution in [3.8, 4) is 0 Å². The molecule has 0 radical (unpaired) electrons. The van der Waals surface area contributed by atoms with Crippen molar-refractivity contribution in [1.82, 2.24) is 4.90 Å². The van der Waals surface area contributed by atoms with Gasteiger partial charge in [-0.25, -0.2) is 9.59 Å². The minimum absolute atomic E-state index is 0.218. The average molecular weight is 259 g/mol. The fourth-order valence-electron chi connectivity index (χ4n) is 1.94. The van der Waals surface area contributed by atoms with E-state index in [1.807, 2.05) is 0 Å². The zero-order chi connectivity index (χ0) is 14.1. The second kappa shape index (κ2) is 4.76. The zero-order valence-corrected chi connectivity index (χ0v) is 11.5.